The van der Waals surface area contributed by atoms with Gasteiger partial charge in [0.05, 0.1) is 18.3 Å². The van der Waals surface area contributed by atoms with E-state index in [1.165, 1.54) is 12.1 Å². The summed E-state index contributed by atoms with van der Waals surface area (Å²) in [6.07, 6.45) is 13.4. The first-order chi connectivity index (χ1) is 18.4. The van der Waals surface area contributed by atoms with Crippen LogP contribution in [0.5, 0.6) is 5.75 Å². The van der Waals surface area contributed by atoms with E-state index in [4.69, 9.17) is 13.9 Å². The molecule has 0 saturated carbocycles. The van der Waals surface area contributed by atoms with Gasteiger partial charge in [-0.3, -0.25) is 4.79 Å². The van der Waals surface area contributed by atoms with Crippen molar-refractivity contribution in [3.63, 3.8) is 0 Å². The van der Waals surface area contributed by atoms with Crippen LogP contribution in [0, 0.1) is 0 Å². The molecular weight excluding hydrogens is 510 g/mol. The SMILES string of the molecule is CC/C=C\C=C/C(=O)N/C=C/C[C@H]1C[C@H]2CC[C@H](O[Si](C)(C)C(C)(C)C)[C@H](Cc3cccc(O)c3C(=O)O1)O2. The highest BCUT2D eigenvalue weighted by Gasteiger charge is 2.43. The lowest BCUT2D eigenvalue weighted by Gasteiger charge is -2.45. The van der Waals surface area contributed by atoms with Crippen molar-refractivity contribution in [2.24, 2.45) is 0 Å². The Labute approximate surface area is 234 Å². The van der Waals surface area contributed by atoms with Crippen LogP contribution in [0.3, 0.4) is 0 Å². The van der Waals surface area contributed by atoms with Gasteiger partial charge in [-0.05, 0) is 49.0 Å². The molecule has 2 N–H and O–H groups in total. The number of carbonyl (C=O) groups excluding carboxylic acids is 2. The molecule has 214 valence electrons. The average molecular weight is 556 g/mol. The van der Waals surface area contributed by atoms with E-state index >= 15 is 0 Å². The quantitative estimate of drug-likeness (QED) is 0.168. The summed E-state index contributed by atoms with van der Waals surface area (Å²) in [5.74, 6) is -0.879. The molecule has 2 bridgehead atoms. The lowest BCUT2D eigenvalue weighted by Crippen LogP contribution is -2.51. The number of cyclic esters (lactones) is 1. The van der Waals surface area contributed by atoms with E-state index in [0.717, 1.165) is 19.3 Å². The summed E-state index contributed by atoms with van der Waals surface area (Å²) in [5.41, 5.74) is 0.880. The molecule has 0 radical (unpaired) electrons. The van der Waals surface area contributed by atoms with E-state index < -0.39 is 20.4 Å². The third kappa shape index (κ3) is 8.65. The molecule has 0 unspecified atom stereocenters. The summed E-state index contributed by atoms with van der Waals surface area (Å²) >= 11 is 0. The van der Waals surface area contributed by atoms with Crippen LogP contribution in [0.25, 0.3) is 0 Å². The summed E-state index contributed by atoms with van der Waals surface area (Å²) in [6.45, 7) is 13.2. The normalized spacial score (nSPS) is 24.6. The van der Waals surface area contributed by atoms with E-state index in [1.54, 1.807) is 24.4 Å². The zero-order valence-electron chi connectivity index (χ0n) is 24.2. The van der Waals surface area contributed by atoms with Gasteiger partial charge in [-0.15, -0.1) is 0 Å². The number of phenolic OH excluding ortho intramolecular Hbond substituents is 1. The Hall–Kier alpha value is -2.68. The number of hydrogen-bond donors (Lipinski definition) is 2. The zero-order valence-corrected chi connectivity index (χ0v) is 25.2. The van der Waals surface area contributed by atoms with Crippen LogP contribution in [0.4, 0.5) is 0 Å². The van der Waals surface area contributed by atoms with Crippen LogP contribution in [0.15, 0.2) is 54.8 Å². The van der Waals surface area contributed by atoms with Crippen molar-refractivity contribution >= 4 is 20.2 Å². The molecule has 4 atom stereocenters. The molecule has 1 amide bonds. The van der Waals surface area contributed by atoms with E-state index in [9.17, 15) is 14.7 Å². The highest BCUT2D eigenvalue weighted by molar-refractivity contribution is 6.74. The number of rotatable bonds is 8. The van der Waals surface area contributed by atoms with Gasteiger partial charge in [0.2, 0.25) is 5.91 Å². The van der Waals surface area contributed by atoms with Crippen molar-refractivity contribution in [1.29, 1.82) is 0 Å². The molecule has 3 rings (SSSR count). The maximum Gasteiger partial charge on any atom is 0.342 e. The van der Waals surface area contributed by atoms with Crippen molar-refractivity contribution in [3.05, 3.63) is 65.9 Å². The Morgan fingerprint density at radius 3 is 2.69 bits per heavy atom. The Bertz CT molecular complexity index is 1090. The summed E-state index contributed by atoms with van der Waals surface area (Å²) in [5, 5.41) is 13.4. The number of fused-ring (bicyclic) bond motifs is 3. The minimum atomic E-state index is -2.05. The number of aromatic hydroxyl groups is 1. The molecule has 1 fully saturated rings. The Morgan fingerprint density at radius 1 is 1.21 bits per heavy atom. The first-order valence-electron chi connectivity index (χ1n) is 14.0. The van der Waals surface area contributed by atoms with Crippen LogP contribution in [-0.2, 0) is 25.1 Å². The van der Waals surface area contributed by atoms with Gasteiger partial charge in [-0.25, -0.2) is 4.79 Å². The Kier molecular flexibility index (Phi) is 10.8. The first kappa shape index (κ1) is 30.9. The van der Waals surface area contributed by atoms with Crippen molar-refractivity contribution < 1.29 is 28.6 Å². The maximum absolute atomic E-state index is 13.3. The second-order valence-corrected chi connectivity index (χ2v) is 16.7. The van der Waals surface area contributed by atoms with Crippen molar-refractivity contribution in [1.82, 2.24) is 5.32 Å². The van der Waals surface area contributed by atoms with Gasteiger partial charge in [0, 0.05) is 31.5 Å². The molecule has 0 spiro atoms. The van der Waals surface area contributed by atoms with Crippen LogP contribution in [0.1, 0.15) is 75.7 Å². The van der Waals surface area contributed by atoms with Gasteiger partial charge < -0.3 is 24.3 Å². The second kappa shape index (κ2) is 13.6. The highest BCUT2D eigenvalue weighted by atomic mass is 28.4. The monoisotopic (exact) mass is 555 g/mol. The summed E-state index contributed by atoms with van der Waals surface area (Å²) in [7, 11) is -2.05. The number of benzene rings is 1. The van der Waals surface area contributed by atoms with Crippen LogP contribution >= 0.6 is 0 Å². The van der Waals surface area contributed by atoms with Gasteiger partial charge in [0.25, 0.3) is 0 Å². The number of ether oxygens (including phenoxy) is 2. The van der Waals surface area contributed by atoms with Gasteiger partial charge in [0.1, 0.15) is 17.4 Å². The topological polar surface area (TPSA) is 94.1 Å². The third-order valence-corrected chi connectivity index (χ3v) is 12.3. The molecule has 2 aliphatic heterocycles. The number of hydrogen-bond acceptors (Lipinski definition) is 6. The van der Waals surface area contributed by atoms with Gasteiger partial charge in [-0.2, -0.15) is 0 Å². The third-order valence-electron chi connectivity index (χ3n) is 7.83. The molecular formula is C31H45NO6Si. The van der Waals surface area contributed by atoms with Crippen molar-refractivity contribution in [2.45, 2.75) is 109 Å². The largest absolute Gasteiger partial charge is 0.507 e. The second-order valence-electron chi connectivity index (χ2n) is 11.9. The molecule has 8 heteroatoms. The van der Waals surface area contributed by atoms with Gasteiger partial charge in [-0.1, -0.05) is 64.1 Å². The molecule has 0 aliphatic carbocycles. The standard InChI is InChI=1S/C31H45NO6Si/c1-7-8-9-10-16-28(34)32-19-12-14-23-21-24-17-18-26(38-39(5,6)31(2,3)4)27(36-24)20-22-13-11-15-25(33)29(22)30(35)37-23/h8-13,15-16,19,23-24,26-27,33H,7,14,17-18,20-21H2,1-6H3,(H,32,34)/b9-8-,16-10-,19-12+/t23-,24+,26-,27-/m0/s1. The molecule has 1 aromatic carbocycles. The van der Waals surface area contributed by atoms with E-state index in [2.05, 4.69) is 39.2 Å². The maximum atomic E-state index is 13.3. The number of esters is 1. The van der Waals surface area contributed by atoms with Crippen LogP contribution in [0.2, 0.25) is 18.1 Å². The molecule has 0 aromatic heterocycles. The minimum Gasteiger partial charge on any atom is -0.507 e. The fourth-order valence-corrected chi connectivity index (χ4v) is 6.03. The molecule has 1 saturated heterocycles. The number of carbonyl (C=O) groups is 2. The summed E-state index contributed by atoms with van der Waals surface area (Å²) < 4.78 is 19.3. The van der Waals surface area contributed by atoms with Gasteiger partial charge >= 0.3 is 5.97 Å². The molecule has 1 aromatic rings. The fraction of sp³-hybridized carbons (Fsp3) is 0.548. The fourth-order valence-electron chi connectivity index (χ4n) is 4.65. The number of allylic oxidation sites excluding steroid dienone is 3. The highest BCUT2D eigenvalue weighted by Crippen LogP contribution is 2.40. The number of amides is 1. The Morgan fingerprint density at radius 2 is 1.97 bits per heavy atom. The first-order valence-corrected chi connectivity index (χ1v) is 17.0. The van der Waals surface area contributed by atoms with Crippen molar-refractivity contribution in [2.75, 3.05) is 0 Å². The molecule has 7 nitrogen and oxygen atoms in total. The van der Waals surface area contributed by atoms with Crippen molar-refractivity contribution in [3.8, 4) is 5.75 Å². The zero-order chi connectivity index (χ0) is 28.6. The van der Waals surface area contributed by atoms with Crippen LogP contribution in [-0.4, -0.2) is 49.7 Å². The van der Waals surface area contributed by atoms with E-state index in [0.29, 0.717) is 24.8 Å². The number of nitrogens with one attached hydrogen (secondary N) is 1. The number of phenols is 1. The van der Waals surface area contributed by atoms with E-state index in [-0.39, 0.29) is 40.6 Å². The lowest BCUT2D eigenvalue weighted by molar-refractivity contribution is -0.123. The molecule has 2 aliphatic rings. The van der Waals surface area contributed by atoms with Gasteiger partial charge in [0.15, 0.2) is 8.32 Å². The minimum absolute atomic E-state index is 0.0642. The average Bonchev–Trinajstić information content (AvgIpc) is 2.85. The lowest BCUT2D eigenvalue weighted by atomic mass is 9.91. The summed E-state index contributed by atoms with van der Waals surface area (Å²) in [6, 6.07) is 5.10. The Balaban J connectivity index is 1.78. The summed E-state index contributed by atoms with van der Waals surface area (Å²) in [4.78, 5) is 25.2. The predicted molar refractivity (Wildman–Crippen MR) is 156 cm³/mol. The predicted octanol–water partition coefficient (Wildman–Crippen LogP) is 6.34. The van der Waals surface area contributed by atoms with Crippen LogP contribution < -0.4 is 5.32 Å². The van der Waals surface area contributed by atoms with E-state index in [1.807, 2.05) is 25.1 Å². The molecule has 39 heavy (non-hydrogen) atoms. The molecule has 2 heterocycles. The smallest absolute Gasteiger partial charge is 0.342 e.